The lowest BCUT2D eigenvalue weighted by Crippen LogP contribution is -2.20. The minimum Gasteiger partial charge on any atom is -0.376 e. The van der Waals surface area contributed by atoms with E-state index in [1.165, 1.54) is 0 Å². The minimum atomic E-state index is 0.0481. The SMILES string of the molecule is CO[C@H](c1ccc(C(C)=O)cc1)C(C)(C)C. The summed E-state index contributed by atoms with van der Waals surface area (Å²) in [6.07, 6.45) is 0.0495. The van der Waals surface area contributed by atoms with Crippen molar-refractivity contribution in [2.75, 3.05) is 7.11 Å². The summed E-state index contributed by atoms with van der Waals surface area (Å²) in [7, 11) is 1.72. The summed E-state index contributed by atoms with van der Waals surface area (Å²) in [5.41, 5.74) is 1.90. The summed E-state index contributed by atoms with van der Waals surface area (Å²) in [5.74, 6) is 0.0938. The van der Waals surface area contributed by atoms with Gasteiger partial charge in [0.05, 0.1) is 6.10 Å². The monoisotopic (exact) mass is 220 g/mol. The minimum absolute atomic E-state index is 0.0481. The third-order valence-electron chi connectivity index (χ3n) is 2.64. The summed E-state index contributed by atoms with van der Waals surface area (Å²) >= 11 is 0. The topological polar surface area (TPSA) is 26.3 Å². The normalized spacial score (nSPS) is 13.6. The molecule has 88 valence electrons. The maximum absolute atomic E-state index is 11.2. The quantitative estimate of drug-likeness (QED) is 0.727. The molecule has 0 radical (unpaired) electrons. The van der Waals surface area contributed by atoms with Crippen molar-refractivity contribution in [1.29, 1.82) is 0 Å². The molecule has 2 heteroatoms. The number of carbonyl (C=O) groups excluding carboxylic acids is 1. The Morgan fingerprint density at radius 2 is 1.69 bits per heavy atom. The summed E-state index contributed by atoms with van der Waals surface area (Å²) < 4.78 is 5.52. The van der Waals surface area contributed by atoms with Gasteiger partial charge in [0.25, 0.3) is 0 Å². The molecule has 0 aliphatic rings. The number of methoxy groups -OCH3 is 1. The second-order valence-electron chi connectivity index (χ2n) is 5.16. The third kappa shape index (κ3) is 2.92. The van der Waals surface area contributed by atoms with E-state index in [-0.39, 0.29) is 17.3 Å². The van der Waals surface area contributed by atoms with Gasteiger partial charge < -0.3 is 4.74 Å². The molecule has 0 amide bonds. The van der Waals surface area contributed by atoms with Crippen LogP contribution in [0.3, 0.4) is 0 Å². The Bertz CT molecular complexity index is 357. The predicted octanol–water partition coefficient (Wildman–Crippen LogP) is 3.62. The maximum atomic E-state index is 11.2. The third-order valence-corrected chi connectivity index (χ3v) is 2.64. The number of hydrogen-bond donors (Lipinski definition) is 0. The van der Waals surface area contributed by atoms with Crippen LogP contribution >= 0.6 is 0 Å². The molecule has 0 N–H and O–H groups in total. The van der Waals surface area contributed by atoms with E-state index in [9.17, 15) is 4.79 Å². The van der Waals surface area contributed by atoms with Gasteiger partial charge in [0, 0.05) is 12.7 Å². The lowest BCUT2D eigenvalue weighted by molar-refractivity contribution is 0.0152. The second-order valence-corrected chi connectivity index (χ2v) is 5.16. The molecule has 16 heavy (non-hydrogen) atoms. The van der Waals surface area contributed by atoms with Crippen LogP contribution in [-0.4, -0.2) is 12.9 Å². The van der Waals surface area contributed by atoms with Gasteiger partial charge in [-0.05, 0) is 17.9 Å². The van der Waals surface area contributed by atoms with E-state index in [2.05, 4.69) is 20.8 Å². The highest BCUT2D eigenvalue weighted by atomic mass is 16.5. The average molecular weight is 220 g/mol. The fraction of sp³-hybridized carbons (Fsp3) is 0.500. The highest BCUT2D eigenvalue weighted by molar-refractivity contribution is 5.94. The highest BCUT2D eigenvalue weighted by Crippen LogP contribution is 2.35. The predicted molar refractivity (Wildman–Crippen MR) is 65.7 cm³/mol. The first-order valence-electron chi connectivity index (χ1n) is 5.50. The van der Waals surface area contributed by atoms with Gasteiger partial charge in [0.15, 0.2) is 5.78 Å². The van der Waals surface area contributed by atoms with Crippen LogP contribution in [-0.2, 0) is 4.74 Å². The van der Waals surface area contributed by atoms with Gasteiger partial charge in [-0.15, -0.1) is 0 Å². The van der Waals surface area contributed by atoms with Crippen LogP contribution < -0.4 is 0 Å². The summed E-state index contributed by atoms with van der Waals surface area (Å²) in [6.45, 7) is 7.99. The number of ketones is 1. The highest BCUT2D eigenvalue weighted by Gasteiger charge is 2.25. The van der Waals surface area contributed by atoms with E-state index < -0.39 is 0 Å². The molecule has 0 spiro atoms. The first kappa shape index (κ1) is 12.9. The molecule has 0 saturated carbocycles. The van der Waals surface area contributed by atoms with Gasteiger partial charge in [-0.2, -0.15) is 0 Å². The smallest absolute Gasteiger partial charge is 0.159 e. The van der Waals surface area contributed by atoms with E-state index in [0.29, 0.717) is 0 Å². The lowest BCUT2D eigenvalue weighted by Gasteiger charge is -2.29. The molecule has 0 bridgehead atoms. The standard InChI is InChI=1S/C14H20O2/c1-10(15)11-6-8-12(9-7-11)13(16-5)14(2,3)4/h6-9,13H,1-5H3/t13-/m1/s1. The number of benzene rings is 1. The molecule has 2 nitrogen and oxygen atoms in total. The van der Waals surface area contributed by atoms with E-state index in [1.807, 2.05) is 24.3 Å². The van der Waals surface area contributed by atoms with Gasteiger partial charge in [0.1, 0.15) is 0 Å². The number of hydrogen-bond acceptors (Lipinski definition) is 2. The van der Waals surface area contributed by atoms with Crippen LogP contribution in [0.2, 0.25) is 0 Å². The van der Waals surface area contributed by atoms with Crippen LogP contribution in [0.1, 0.15) is 49.7 Å². The summed E-state index contributed by atoms with van der Waals surface area (Å²) in [4.78, 5) is 11.2. The van der Waals surface area contributed by atoms with E-state index in [0.717, 1.165) is 11.1 Å². The van der Waals surface area contributed by atoms with Crippen LogP contribution in [0.15, 0.2) is 24.3 Å². The van der Waals surface area contributed by atoms with Gasteiger partial charge in [-0.1, -0.05) is 45.0 Å². The van der Waals surface area contributed by atoms with Crippen molar-refractivity contribution in [3.63, 3.8) is 0 Å². The number of Topliss-reactive ketones (excluding diaryl/α,β-unsaturated/α-hetero) is 1. The van der Waals surface area contributed by atoms with Crippen LogP contribution in [0, 0.1) is 5.41 Å². The Hall–Kier alpha value is -1.15. The lowest BCUT2D eigenvalue weighted by atomic mass is 9.84. The zero-order valence-corrected chi connectivity index (χ0v) is 10.7. The Labute approximate surface area is 97.6 Å². The van der Waals surface area contributed by atoms with Crippen molar-refractivity contribution in [3.05, 3.63) is 35.4 Å². The fourth-order valence-electron chi connectivity index (χ4n) is 1.88. The molecule has 0 aliphatic heterocycles. The van der Waals surface area contributed by atoms with Crippen molar-refractivity contribution >= 4 is 5.78 Å². The average Bonchev–Trinajstić information content (AvgIpc) is 2.17. The molecular weight excluding hydrogens is 200 g/mol. The van der Waals surface area contributed by atoms with Crippen molar-refractivity contribution in [2.45, 2.75) is 33.8 Å². The Kier molecular flexibility index (Phi) is 3.87. The maximum Gasteiger partial charge on any atom is 0.159 e. The molecule has 1 aromatic carbocycles. The van der Waals surface area contributed by atoms with Crippen molar-refractivity contribution in [1.82, 2.24) is 0 Å². The zero-order valence-electron chi connectivity index (χ0n) is 10.7. The molecule has 1 rings (SSSR count). The molecule has 0 heterocycles. The van der Waals surface area contributed by atoms with Crippen LogP contribution in [0.25, 0.3) is 0 Å². The molecule has 0 fully saturated rings. The Morgan fingerprint density at radius 3 is 2.00 bits per heavy atom. The van der Waals surface area contributed by atoms with Gasteiger partial charge in [-0.3, -0.25) is 4.79 Å². The Balaban J connectivity index is 3.00. The molecule has 0 saturated heterocycles. The van der Waals surface area contributed by atoms with Gasteiger partial charge in [-0.25, -0.2) is 0 Å². The molecule has 1 atom stereocenters. The fourth-order valence-corrected chi connectivity index (χ4v) is 1.88. The number of carbonyl (C=O) groups is 1. The van der Waals surface area contributed by atoms with Gasteiger partial charge >= 0.3 is 0 Å². The summed E-state index contributed by atoms with van der Waals surface area (Å²) in [5, 5.41) is 0. The first-order chi connectivity index (χ1) is 7.36. The second kappa shape index (κ2) is 4.79. The van der Waals surface area contributed by atoms with Crippen molar-refractivity contribution < 1.29 is 9.53 Å². The number of rotatable bonds is 3. The first-order valence-corrected chi connectivity index (χ1v) is 5.50. The largest absolute Gasteiger partial charge is 0.376 e. The Morgan fingerprint density at radius 1 is 1.19 bits per heavy atom. The van der Waals surface area contributed by atoms with E-state index in [4.69, 9.17) is 4.74 Å². The molecule has 0 aliphatic carbocycles. The van der Waals surface area contributed by atoms with Gasteiger partial charge in [0.2, 0.25) is 0 Å². The van der Waals surface area contributed by atoms with E-state index in [1.54, 1.807) is 14.0 Å². The molecule has 0 unspecified atom stereocenters. The summed E-state index contributed by atoms with van der Waals surface area (Å²) in [6, 6.07) is 7.65. The van der Waals surface area contributed by atoms with E-state index >= 15 is 0 Å². The molecule has 1 aromatic rings. The molecular formula is C14H20O2. The van der Waals surface area contributed by atoms with Crippen LogP contribution in [0.5, 0.6) is 0 Å². The van der Waals surface area contributed by atoms with Crippen molar-refractivity contribution in [2.24, 2.45) is 5.41 Å². The van der Waals surface area contributed by atoms with Crippen molar-refractivity contribution in [3.8, 4) is 0 Å². The molecule has 0 aromatic heterocycles. The zero-order chi connectivity index (χ0) is 12.3. The number of ether oxygens (including phenoxy) is 1. The van der Waals surface area contributed by atoms with Crippen LogP contribution in [0.4, 0.5) is 0 Å².